The molecule has 5 heteroatoms. The quantitative estimate of drug-likeness (QED) is 0.609. The SMILES string of the molecule is C=C(Br)CNC(=NC)NCC1CCOCC1. The molecule has 0 bridgehead atoms. The van der Waals surface area contributed by atoms with Crippen molar-refractivity contribution in [2.75, 3.05) is 33.4 Å². The van der Waals surface area contributed by atoms with Crippen molar-refractivity contribution in [2.24, 2.45) is 10.9 Å². The average molecular weight is 290 g/mol. The molecular formula is C11H20BrN3O. The van der Waals surface area contributed by atoms with Crippen molar-refractivity contribution in [2.45, 2.75) is 12.8 Å². The van der Waals surface area contributed by atoms with Crippen molar-refractivity contribution in [3.8, 4) is 0 Å². The third-order valence-electron chi connectivity index (χ3n) is 2.57. The fourth-order valence-electron chi connectivity index (χ4n) is 1.59. The van der Waals surface area contributed by atoms with Crippen LogP contribution in [0.15, 0.2) is 16.1 Å². The highest BCUT2D eigenvalue weighted by atomic mass is 79.9. The Balaban J connectivity index is 2.20. The van der Waals surface area contributed by atoms with Crippen molar-refractivity contribution < 1.29 is 4.74 Å². The fraction of sp³-hybridized carbons (Fsp3) is 0.727. The molecule has 16 heavy (non-hydrogen) atoms. The Morgan fingerprint density at radius 1 is 1.44 bits per heavy atom. The molecule has 0 radical (unpaired) electrons. The topological polar surface area (TPSA) is 45.7 Å². The van der Waals surface area contributed by atoms with Crippen molar-refractivity contribution in [1.29, 1.82) is 0 Å². The zero-order valence-corrected chi connectivity index (χ0v) is 11.3. The van der Waals surface area contributed by atoms with Crippen LogP contribution in [0.25, 0.3) is 0 Å². The van der Waals surface area contributed by atoms with Gasteiger partial charge in [-0.3, -0.25) is 4.99 Å². The van der Waals surface area contributed by atoms with Crippen LogP contribution in [0.2, 0.25) is 0 Å². The van der Waals surface area contributed by atoms with Crippen molar-refractivity contribution in [3.63, 3.8) is 0 Å². The van der Waals surface area contributed by atoms with Crippen molar-refractivity contribution in [1.82, 2.24) is 10.6 Å². The molecule has 0 saturated carbocycles. The number of ether oxygens (including phenoxy) is 1. The lowest BCUT2D eigenvalue weighted by Gasteiger charge is -2.23. The van der Waals surface area contributed by atoms with Crippen LogP contribution in [0.3, 0.4) is 0 Å². The van der Waals surface area contributed by atoms with Crippen LogP contribution < -0.4 is 10.6 Å². The van der Waals surface area contributed by atoms with Gasteiger partial charge >= 0.3 is 0 Å². The van der Waals surface area contributed by atoms with Crippen LogP contribution in [0.4, 0.5) is 0 Å². The number of hydrogen-bond acceptors (Lipinski definition) is 2. The molecule has 4 nitrogen and oxygen atoms in total. The molecule has 0 atom stereocenters. The normalized spacial score (nSPS) is 18.2. The van der Waals surface area contributed by atoms with E-state index in [4.69, 9.17) is 4.74 Å². The van der Waals surface area contributed by atoms with Crippen LogP contribution >= 0.6 is 15.9 Å². The summed E-state index contributed by atoms with van der Waals surface area (Å²) in [5.74, 6) is 1.52. The number of nitrogens with zero attached hydrogens (tertiary/aromatic N) is 1. The van der Waals surface area contributed by atoms with Gasteiger partial charge in [-0.25, -0.2) is 0 Å². The highest BCUT2D eigenvalue weighted by Crippen LogP contribution is 2.12. The predicted octanol–water partition coefficient (Wildman–Crippen LogP) is 1.49. The van der Waals surface area contributed by atoms with Gasteiger partial charge in [0.05, 0.1) is 0 Å². The zero-order valence-electron chi connectivity index (χ0n) is 9.76. The summed E-state index contributed by atoms with van der Waals surface area (Å²) in [4.78, 5) is 4.15. The Morgan fingerprint density at radius 3 is 2.69 bits per heavy atom. The first-order valence-electron chi connectivity index (χ1n) is 5.58. The monoisotopic (exact) mass is 289 g/mol. The molecule has 1 saturated heterocycles. The number of nitrogens with one attached hydrogen (secondary N) is 2. The molecule has 0 aromatic rings. The lowest BCUT2D eigenvalue weighted by molar-refractivity contribution is 0.0675. The van der Waals surface area contributed by atoms with Crippen LogP contribution in [-0.2, 0) is 4.74 Å². The second-order valence-electron chi connectivity index (χ2n) is 3.88. The Bertz CT molecular complexity index is 250. The molecule has 1 rings (SSSR count). The second kappa shape index (κ2) is 7.68. The minimum Gasteiger partial charge on any atom is -0.381 e. The minimum absolute atomic E-state index is 0.688. The van der Waals surface area contributed by atoms with Gasteiger partial charge in [-0.2, -0.15) is 0 Å². The summed E-state index contributed by atoms with van der Waals surface area (Å²) in [7, 11) is 1.77. The molecule has 0 spiro atoms. The first-order valence-corrected chi connectivity index (χ1v) is 6.37. The average Bonchev–Trinajstić information content (AvgIpc) is 2.30. The molecule has 92 valence electrons. The third kappa shape index (κ3) is 5.51. The van der Waals surface area contributed by atoms with E-state index in [0.29, 0.717) is 12.5 Å². The van der Waals surface area contributed by atoms with E-state index in [-0.39, 0.29) is 0 Å². The van der Waals surface area contributed by atoms with Crippen LogP contribution in [-0.4, -0.2) is 39.3 Å². The van der Waals surface area contributed by atoms with E-state index in [0.717, 1.165) is 43.0 Å². The van der Waals surface area contributed by atoms with Crippen molar-refractivity contribution in [3.05, 3.63) is 11.1 Å². The molecule has 2 N–H and O–H groups in total. The summed E-state index contributed by atoms with van der Waals surface area (Å²) in [6.45, 7) is 7.18. The molecule has 0 aromatic carbocycles. The van der Waals surface area contributed by atoms with Gasteiger partial charge < -0.3 is 15.4 Å². The van der Waals surface area contributed by atoms with E-state index < -0.39 is 0 Å². The number of rotatable bonds is 4. The number of aliphatic imine (C=N–C) groups is 1. The smallest absolute Gasteiger partial charge is 0.191 e. The molecule has 0 unspecified atom stereocenters. The number of halogens is 1. The summed E-state index contributed by atoms with van der Waals surface area (Å²) in [5, 5.41) is 6.49. The summed E-state index contributed by atoms with van der Waals surface area (Å²) in [6, 6.07) is 0. The summed E-state index contributed by atoms with van der Waals surface area (Å²) < 4.78 is 6.24. The Morgan fingerprint density at radius 2 is 2.12 bits per heavy atom. The Kier molecular flexibility index (Phi) is 6.49. The summed E-state index contributed by atoms with van der Waals surface area (Å²) >= 11 is 3.30. The van der Waals surface area contributed by atoms with Gasteiger partial charge in [0, 0.05) is 37.8 Å². The lowest BCUT2D eigenvalue weighted by atomic mass is 10.0. The molecule has 1 aliphatic heterocycles. The van der Waals surface area contributed by atoms with Gasteiger partial charge in [0.15, 0.2) is 5.96 Å². The maximum atomic E-state index is 5.32. The largest absolute Gasteiger partial charge is 0.381 e. The maximum Gasteiger partial charge on any atom is 0.191 e. The van der Waals surface area contributed by atoms with Gasteiger partial charge in [-0.1, -0.05) is 22.5 Å². The van der Waals surface area contributed by atoms with E-state index >= 15 is 0 Å². The number of hydrogen-bond donors (Lipinski definition) is 2. The molecule has 1 heterocycles. The molecule has 1 aliphatic rings. The van der Waals surface area contributed by atoms with Crippen LogP contribution in [0.1, 0.15) is 12.8 Å². The standard InChI is InChI=1S/C11H20BrN3O/c1-9(12)7-14-11(13-2)15-8-10-3-5-16-6-4-10/h10H,1,3-8H2,2H3,(H2,13,14,15). The Labute approximate surface area is 106 Å². The van der Waals surface area contributed by atoms with E-state index in [1.165, 1.54) is 0 Å². The Hall–Kier alpha value is -0.550. The van der Waals surface area contributed by atoms with E-state index in [1.807, 2.05) is 0 Å². The van der Waals surface area contributed by atoms with Gasteiger partial charge in [-0.05, 0) is 18.8 Å². The minimum atomic E-state index is 0.688. The van der Waals surface area contributed by atoms with E-state index in [1.54, 1.807) is 7.05 Å². The fourth-order valence-corrected chi connectivity index (χ4v) is 1.73. The zero-order chi connectivity index (χ0) is 11.8. The molecular weight excluding hydrogens is 270 g/mol. The number of guanidine groups is 1. The summed E-state index contributed by atoms with van der Waals surface area (Å²) in [5.41, 5.74) is 0. The van der Waals surface area contributed by atoms with Gasteiger partial charge in [0.25, 0.3) is 0 Å². The van der Waals surface area contributed by atoms with E-state index in [2.05, 4.69) is 38.1 Å². The maximum absolute atomic E-state index is 5.32. The highest BCUT2D eigenvalue weighted by molar-refractivity contribution is 9.11. The summed E-state index contributed by atoms with van der Waals surface area (Å²) in [6.07, 6.45) is 2.27. The van der Waals surface area contributed by atoms with E-state index in [9.17, 15) is 0 Å². The highest BCUT2D eigenvalue weighted by Gasteiger charge is 2.13. The first-order chi connectivity index (χ1) is 7.72. The van der Waals surface area contributed by atoms with Crippen molar-refractivity contribution >= 4 is 21.9 Å². The lowest BCUT2D eigenvalue weighted by Crippen LogP contribution is -2.41. The van der Waals surface area contributed by atoms with Gasteiger partial charge in [0.1, 0.15) is 0 Å². The third-order valence-corrected chi connectivity index (χ3v) is 2.85. The molecule has 0 aromatic heterocycles. The second-order valence-corrected chi connectivity index (χ2v) is 5.00. The van der Waals surface area contributed by atoms with Crippen LogP contribution in [0.5, 0.6) is 0 Å². The first kappa shape index (κ1) is 13.5. The predicted molar refractivity (Wildman–Crippen MR) is 71.0 cm³/mol. The van der Waals surface area contributed by atoms with Crippen LogP contribution in [0, 0.1) is 5.92 Å². The van der Waals surface area contributed by atoms with Gasteiger partial charge in [0.2, 0.25) is 0 Å². The molecule has 0 aliphatic carbocycles. The molecule has 0 amide bonds. The molecule has 1 fully saturated rings. The van der Waals surface area contributed by atoms with Gasteiger partial charge in [-0.15, -0.1) is 0 Å².